The van der Waals surface area contributed by atoms with Crippen molar-refractivity contribution >= 4 is 29.3 Å². The Labute approximate surface area is 204 Å². The first-order valence-electron chi connectivity index (χ1n) is 11.1. The summed E-state index contributed by atoms with van der Waals surface area (Å²) in [4.78, 5) is 24.1. The normalized spacial score (nSPS) is 10.9. The molecular weight excluding hydrogens is 452 g/mol. The summed E-state index contributed by atoms with van der Waals surface area (Å²) in [6, 6.07) is 12.8. The lowest BCUT2D eigenvalue weighted by molar-refractivity contribution is -0.113. The zero-order valence-electron chi connectivity index (χ0n) is 20.1. The maximum atomic E-state index is 12.4. The van der Waals surface area contributed by atoms with E-state index >= 15 is 0 Å². The summed E-state index contributed by atoms with van der Waals surface area (Å²) < 4.78 is 12.9. The fraction of sp³-hybridized carbons (Fsp3) is 0.360. The van der Waals surface area contributed by atoms with E-state index < -0.39 is 0 Å². The van der Waals surface area contributed by atoms with E-state index in [1.54, 1.807) is 31.2 Å². The molecule has 0 atom stereocenters. The SMILES string of the molecule is CCOC(=O)c1ccc(NC(=O)CSc2nnc(COc3cc(C)ccc3C(C)C)n2C)cc1. The molecule has 3 aromatic rings. The molecular formula is C25H30N4O4S. The summed E-state index contributed by atoms with van der Waals surface area (Å²) >= 11 is 1.29. The van der Waals surface area contributed by atoms with Crippen LogP contribution in [0.25, 0.3) is 0 Å². The van der Waals surface area contributed by atoms with Gasteiger partial charge in [0.25, 0.3) is 0 Å². The van der Waals surface area contributed by atoms with Gasteiger partial charge in [0.15, 0.2) is 11.0 Å². The number of hydrogen-bond donors (Lipinski definition) is 1. The van der Waals surface area contributed by atoms with Crippen LogP contribution in [0.2, 0.25) is 0 Å². The molecule has 0 aliphatic heterocycles. The predicted octanol–water partition coefficient (Wildman–Crippen LogP) is 4.73. The summed E-state index contributed by atoms with van der Waals surface area (Å²) in [6.07, 6.45) is 0. The Kier molecular flexibility index (Phi) is 8.70. The second-order valence-corrected chi connectivity index (χ2v) is 9.02. The van der Waals surface area contributed by atoms with Crippen molar-refractivity contribution in [2.45, 2.75) is 45.4 Å². The standard InChI is InChI=1S/C25H30N4O4S/c1-6-32-24(31)18-8-10-19(11-9-18)26-23(30)15-34-25-28-27-22(29(25)5)14-33-21-13-17(4)7-12-20(21)16(2)3/h7-13,16H,6,14-15H2,1-5H3,(H,26,30). The van der Waals surface area contributed by atoms with Gasteiger partial charge in [0, 0.05) is 12.7 Å². The van der Waals surface area contributed by atoms with Crippen molar-refractivity contribution in [3.63, 3.8) is 0 Å². The molecule has 2 aromatic carbocycles. The Hall–Kier alpha value is -3.33. The molecule has 0 unspecified atom stereocenters. The van der Waals surface area contributed by atoms with Gasteiger partial charge in [0.1, 0.15) is 12.4 Å². The number of anilines is 1. The number of nitrogens with zero attached hydrogens (tertiary/aromatic N) is 3. The number of nitrogens with one attached hydrogen (secondary N) is 1. The second kappa shape index (κ2) is 11.7. The maximum absolute atomic E-state index is 12.4. The average molecular weight is 483 g/mol. The van der Waals surface area contributed by atoms with Crippen molar-refractivity contribution in [2.24, 2.45) is 7.05 Å². The lowest BCUT2D eigenvalue weighted by Crippen LogP contribution is -2.15. The van der Waals surface area contributed by atoms with Crippen molar-refractivity contribution in [2.75, 3.05) is 17.7 Å². The third-order valence-electron chi connectivity index (χ3n) is 5.09. The van der Waals surface area contributed by atoms with E-state index in [4.69, 9.17) is 9.47 Å². The molecule has 180 valence electrons. The molecule has 1 heterocycles. The van der Waals surface area contributed by atoms with Crippen LogP contribution in [-0.2, 0) is 23.2 Å². The number of benzene rings is 2. The molecule has 0 saturated carbocycles. The molecule has 1 aromatic heterocycles. The lowest BCUT2D eigenvalue weighted by Gasteiger charge is -2.14. The Balaban J connectivity index is 1.54. The number of aromatic nitrogens is 3. The van der Waals surface area contributed by atoms with Crippen molar-refractivity contribution in [1.82, 2.24) is 14.8 Å². The molecule has 8 nitrogen and oxygen atoms in total. The number of esters is 1. The molecule has 1 N–H and O–H groups in total. The lowest BCUT2D eigenvalue weighted by atomic mass is 10.0. The molecule has 3 rings (SSSR count). The number of carbonyl (C=O) groups is 2. The summed E-state index contributed by atoms with van der Waals surface area (Å²) in [6.45, 7) is 8.65. The largest absolute Gasteiger partial charge is 0.485 e. The third kappa shape index (κ3) is 6.60. The van der Waals surface area contributed by atoms with Gasteiger partial charge in [-0.1, -0.05) is 37.7 Å². The molecule has 0 saturated heterocycles. The van der Waals surface area contributed by atoms with Gasteiger partial charge in [0.05, 0.1) is 17.9 Å². The minimum absolute atomic E-state index is 0.168. The zero-order chi connectivity index (χ0) is 24.7. The molecule has 0 spiro atoms. The number of rotatable bonds is 10. The van der Waals surface area contributed by atoms with Crippen molar-refractivity contribution in [3.8, 4) is 5.75 Å². The van der Waals surface area contributed by atoms with E-state index in [-0.39, 0.29) is 24.2 Å². The number of hydrogen-bond acceptors (Lipinski definition) is 7. The van der Waals surface area contributed by atoms with Gasteiger partial charge < -0.3 is 19.4 Å². The first kappa shape index (κ1) is 25.3. The quantitative estimate of drug-likeness (QED) is 0.330. The smallest absolute Gasteiger partial charge is 0.338 e. The predicted molar refractivity (Wildman–Crippen MR) is 132 cm³/mol. The Morgan fingerprint density at radius 2 is 1.85 bits per heavy atom. The highest BCUT2D eigenvalue weighted by atomic mass is 32.2. The molecule has 0 radical (unpaired) electrons. The van der Waals surface area contributed by atoms with Crippen LogP contribution >= 0.6 is 11.8 Å². The second-order valence-electron chi connectivity index (χ2n) is 8.08. The molecule has 0 fully saturated rings. The van der Waals surface area contributed by atoms with Crippen LogP contribution in [0.4, 0.5) is 5.69 Å². The Morgan fingerprint density at radius 3 is 2.53 bits per heavy atom. The van der Waals surface area contributed by atoms with Crippen LogP contribution in [0.5, 0.6) is 5.75 Å². The van der Waals surface area contributed by atoms with Gasteiger partial charge in [0.2, 0.25) is 5.91 Å². The van der Waals surface area contributed by atoms with Crippen LogP contribution in [0.3, 0.4) is 0 Å². The number of ether oxygens (including phenoxy) is 2. The zero-order valence-corrected chi connectivity index (χ0v) is 20.9. The van der Waals surface area contributed by atoms with Crippen LogP contribution < -0.4 is 10.1 Å². The molecule has 0 aliphatic carbocycles. The van der Waals surface area contributed by atoms with E-state index in [2.05, 4.69) is 41.5 Å². The minimum Gasteiger partial charge on any atom is -0.485 e. The first-order valence-corrected chi connectivity index (χ1v) is 12.1. The van der Waals surface area contributed by atoms with E-state index in [1.165, 1.54) is 11.8 Å². The van der Waals surface area contributed by atoms with Gasteiger partial charge in [-0.3, -0.25) is 4.79 Å². The van der Waals surface area contributed by atoms with E-state index in [0.717, 1.165) is 16.9 Å². The number of thioether (sulfide) groups is 1. The Bertz CT molecular complexity index is 1140. The van der Waals surface area contributed by atoms with Gasteiger partial charge in [-0.15, -0.1) is 10.2 Å². The topological polar surface area (TPSA) is 95.3 Å². The molecule has 1 amide bonds. The third-order valence-corrected chi connectivity index (χ3v) is 6.11. The van der Waals surface area contributed by atoms with Gasteiger partial charge in [-0.2, -0.15) is 0 Å². The fourth-order valence-electron chi connectivity index (χ4n) is 3.21. The van der Waals surface area contributed by atoms with Gasteiger partial charge in [-0.05, 0) is 61.2 Å². The number of aryl methyl sites for hydroxylation is 1. The molecule has 34 heavy (non-hydrogen) atoms. The minimum atomic E-state index is -0.388. The summed E-state index contributed by atoms with van der Waals surface area (Å²) in [5, 5.41) is 11.9. The van der Waals surface area contributed by atoms with Crippen molar-refractivity contribution < 1.29 is 19.1 Å². The van der Waals surface area contributed by atoms with Crippen molar-refractivity contribution in [3.05, 3.63) is 65.0 Å². The first-order chi connectivity index (χ1) is 16.3. The van der Waals surface area contributed by atoms with Crippen LogP contribution in [0.15, 0.2) is 47.6 Å². The van der Waals surface area contributed by atoms with Gasteiger partial charge >= 0.3 is 5.97 Å². The van der Waals surface area contributed by atoms with Crippen molar-refractivity contribution in [1.29, 1.82) is 0 Å². The van der Waals surface area contributed by atoms with Crippen LogP contribution in [0, 0.1) is 6.92 Å². The monoisotopic (exact) mass is 482 g/mol. The van der Waals surface area contributed by atoms with Gasteiger partial charge in [-0.25, -0.2) is 4.79 Å². The average Bonchev–Trinajstić information content (AvgIpc) is 3.16. The molecule has 0 aliphatic rings. The summed E-state index contributed by atoms with van der Waals surface area (Å²) in [5.41, 5.74) is 3.32. The number of carbonyl (C=O) groups excluding carboxylic acids is 2. The highest BCUT2D eigenvalue weighted by Gasteiger charge is 2.14. The maximum Gasteiger partial charge on any atom is 0.338 e. The molecule has 0 bridgehead atoms. The van der Waals surface area contributed by atoms with E-state index in [1.807, 2.05) is 24.6 Å². The highest BCUT2D eigenvalue weighted by Crippen LogP contribution is 2.28. The van der Waals surface area contributed by atoms with Crippen LogP contribution in [-0.4, -0.2) is 39.0 Å². The van der Waals surface area contributed by atoms with Crippen LogP contribution in [0.1, 0.15) is 54.0 Å². The highest BCUT2D eigenvalue weighted by molar-refractivity contribution is 7.99. The van der Waals surface area contributed by atoms with E-state index in [9.17, 15) is 9.59 Å². The summed E-state index contributed by atoms with van der Waals surface area (Å²) in [7, 11) is 1.85. The van der Waals surface area contributed by atoms with E-state index in [0.29, 0.717) is 34.8 Å². The summed E-state index contributed by atoms with van der Waals surface area (Å²) in [5.74, 6) is 1.47. The number of amides is 1. The molecule has 9 heteroatoms. The Morgan fingerprint density at radius 1 is 1.12 bits per heavy atom. The fourth-order valence-corrected chi connectivity index (χ4v) is 3.94.